The summed E-state index contributed by atoms with van der Waals surface area (Å²) in [5, 5.41) is 12.2. The molecule has 0 saturated carbocycles. The minimum absolute atomic E-state index is 0.0429. The Kier molecular flexibility index (Phi) is 6.07. The first-order valence-electron chi connectivity index (χ1n) is 10.5. The van der Waals surface area contributed by atoms with Gasteiger partial charge in [-0.3, -0.25) is 18.7 Å². The molecule has 0 bridgehead atoms. The lowest BCUT2D eigenvalue weighted by molar-refractivity contribution is -0.120. The van der Waals surface area contributed by atoms with E-state index >= 15 is 0 Å². The van der Waals surface area contributed by atoms with Gasteiger partial charge in [-0.1, -0.05) is 12.1 Å². The van der Waals surface area contributed by atoms with Crippen molar-refractivity contribution in [1.82, 2.24) is 18.4 Å². The third-order valence-corrected chi connectivity index (χ3v) is 7.97. The van der Waals surface area contributed by atoms with Crippen LogP contribution in [-0.2, 0) is 28.9 Å². The number of carbonyl (C=O) groups is 1. The van der Waals surface area contributed by atoms with Crippen LogP contribution in [0.3, 0.4) is 0 Å². The van der Waals surface area contributed by atoms with Crippen LogP contribution in [0.5, 0.6) is 0 Å². The summed E-state index contributed by atoms with van der Waals surface area (Å²) in [6.45, 7) is 0.275. The fourth-order valence-electron chi connectivity index (χ4n) is 4.06. The first-order chi connectivity index (χ1) is 16.1. The van der Waals surface area contributed by atoms with Gasteiger partial charge in [-0.2, -0.15) is 9.57 Å². The van der Waals surface area contributed by atoms with Crippen molar-refractivity contribution in [2.24, 2.45) is 20.0 Å². The topological polar surface area (TPSA) is 147 Å². The van der Waals surface area contributed by atoms with Gasteiger partial charge in [0.1, 0.15) is 11.7 Å². The van der Waals surface area contributed by atoms with Crippen LogP contribution in [0.15, 0.2) is 51.0 Å². The minimum atomic E-state index is -3.85. The Balaban J connectivity index is 1.48. The molecule has 1 aliphatic rings. The molecule has 0 aliphatic carbocycles. The molecular weight excluding hydrogens is 460 g/mol. The molecule has 34 heavy (non-hydrogen) atoms. The monoisotopic (exact) mass is 482 g/mol. The molecule has 0 atom stereocenters. The smallest absolute Gasteiger partial charge is 0.324 e. The number of nitrogens with one attached hydrogen (secondary N) is 1. The second-order valence-electron chi connectivity index (χ2n) is 8.08. The molecule has 1 amide bonds. The van der Waals surface area contributed by atoms with Crippen molar-refractivity contribution in [3.05, 3.63) is 62.9 Å². The van der Waals surface area contributed by atoms with Crippen LogP contribution in [-0.4, -0.2) is 45.8 Å². The van der Waals surface area contributed by atoms with Crippen molar-refractivity contribution >= 4 is 32.7 Å². The molecule has 12 heteroatoms. The summed E-state index contributed by atoms with van der Waals surface area (Å²) in [4.78, 5) is 41.4. The Morgan fingerprint density at radius 2 is 1.82 bits per heavy atom. The number of sulfonamides is 1. The van der Waals surface area contributed by atoms with Crippen LogP contribution in [0.2, 0.25) is 0 Å². The number of carbonyl (C=O) groups excluding carboxylic acids is 1. The minimum Gasteiger partial charge on any atom is -0.324 e. The average molecular weight is 483 g/mol. The number of hydrogen-bond donors (Lipinski definition) is 1. The molecule has 1 saturated heterocycles. The third kappa shape index (κ3) is 4.00. The Hall–Kier alpha value is -3.82. The van der Waals surface area contributed by atoms with E-state index in [1.165, 1.54) is 47.4 Å². The maximum Gasteiger partial charge on any atom is 0.332 e. The number of aryl methyl sites for hydroxylation is 1. The number of benzene rings is 1. The molecule has 3 aromatic rings. The summed E-state index contributed by atoms with van der Waals surface area (Å²) in [5.74, 6) is -0.742. The lowest BCUT2D eigenvalue weighted by atomic mass is 9.97. The summed E-state index contributed by atoms with van der Waals surface area (Å²) >= 11 is 0. The summed E-state index contributed by atoms with van der Waals surface area (Å²) in [6, 6.07) is 9.40. The van der Waals surface area contributed by atoms with Gasteiger partial charge in [0.15, 0.2) is 0 Å². The molecule has 0 unspecified atom stereocenters. The molecule has 0 radical (unpaired) electrons. The molecule has 1 N–H and O–H groups in total. The van der Waals surface area contributed by atoms with Crippen molar-refractivity contribution in [2.45, 2.75) is 17.7 Å². The highest BCUT2D eigenvalue weighted by Gasteiger charge is 2.33. The van der Waals surface area contributed by atoms with Crippen molar-refractivity contribution in [3.63, 3.8) is 0 Å². The number of rotatable bonds is 4. The third-order valence-electron chi connectivity index (χ3n) is 6.01. The molecule has 1 aromatic carbocycles. The largest absolute Gasteiger partial charge is 0.332 e. The van der Waals surface area contributed by atoms with Gasteiger partial charge in [0.05, 0.1) is 27.7 Å². The molecule has 1 aliphatic heterocycles. The molecule has 176 valence electrons. The number of aromatic nitrogens is 3. The summed E-state index contributed by atoms with van der Waals surface area (Å²) in [6.07, 6.45) is 1.98. The van der Waals surface area contributed by atoms with E-state index in [2.05, 4.69) is 10.3 Å². The number of nitriles is 1. The van der Waals surface area contributed by atoms with Gasteiger partial charge in [-0.15, -0.1) is 0 Å². The van der Waals surface area contributed by atoms with Crippen LogP contribution >= 0.6 is 0 Å². The van der Waals surface area contributed by atoms with Crippen LogP contribution in [0.1, 0.15) is 18.4 Å². The van der Waals surface area contributed by atoms with Gasteiger partial charge >= 0.3 is 5.69 Å². The average Bonchev–Trinajstić information content (AvgIpc) is 2.86. The molecule has 11 nitrogen and oxygen atoms in total. The van der Waals surface area contributed by atoms with Crippen LogP contribution in [0, 0.1) is 17.2 Å². The molecule has 4 rings (SSSR count). The predicted molar refractivity (Wildman–Crippen MR) is 123 cm³/mol. The zero-order valence-electron chi connectivity index (χ0n) is 18.6. The number of piperidine rings is 1. The van der Waals surface area contributed by atoms with Gasteiger partial charge in [0.2, 0.25) is 15.9 Å². The van der Waals surface area contributed by atoms with E-state index in [4.69, 9.17) is 0 Å². The second kappa shape index (κ2) is 8.85. The number of hydrogen-bond acceptors (Lipinski definition) is 7. The van der Waals surface area contributed by atoms with Crippen LogP contribution in [0.4, 0.5) is 5.69 Å². The molecular formula is C22H22N6O5S. The Labute approximate surface area is 194 Å². The Morgan fingerprint density at radius 3 is 2.50 bits per heavy atom. The number of anilines is 1. The van der Waals surface area contributed by atoms with Gasteiger partial charge < -0.3 is 5.32 Å². The van der Waals surface area contributed by atoms with E-state index in [0.717, 1.165) is 4.57 Å². The molecule has 2 aromatic heterocycles. The highest BCUT2D eigenvalue weighted by molar-refractivity contribution is 7.89. The lowest BCUT2D eigenvalue weighted by Gasteiger charge is -2.30. The number of fused-ring (bicyclic) bond motifs is 1. The van der Waals surface area contributed by atoms with Crippen molar-refractivity contribution in [2.75, 3.05) is 18.4 Å². The second-order valence-corrected chi connectivity index (χ2v) is 9.98. The number of amides is 1. The van der Waals surface area contributed by atoms with E-state index in [9.17, 15) is 28.1 Å². The number of pyridine rings is 1. The van der Waals surface area contributed by atoms with Gasteiger partial charge in [0.25, 0.3) is 5.56 Å². The Bertz CT molecular complexity index is 1560. The zero-order valence-corrected chi connectivity index (χ0v) is 19.4. The summed E-state index contributed by atoms with van der Waals surface area (Å²) in [7, 11) is -0.976. The van der Waals surface area contributed by atoms with Crippen molar-refractivity contribution < 1.29 is 13.2 Å². The van der Waals surface area contributed by atoms with Crippen LogP contribution in [0.25, 0.3) is 11.0 Å². The van der Waals surface area contributed by atoms with E-state index in [0.29, 0.717) is 18.5 Å². The van der Waals surface area contributed by atoms with Gasteiger partial charge in [-0.05, 0) is 31.0 Å². The normalized spacial score (nSPS) is 15.2. The quantitative estimate of drug-likeness (QED) is 0.571. The van der Waals surface area contributed by atoms with E-state index in [1.807, 2.05) is 6.07 Å². The predicted octanol–water partition coefficient (Wildman–Crippen LogP) is 0.543. The maximum absolute atomic E-state index is 13.0. The first kappa shape index (κ1) is 23.3. The van der Waals surface area contributed by atoms with E-state index < -0.39 is 27.2 Å². The summed E-state index contributed by atoms with van der Waals surface area (Å²) < 4.78 is 29.5. The van der Waals surface area contributed by atoms with E-state index in [1.54, 1.807) is 12.1 Å². The maximum atomic E-state index is 13.0. The molecule has 3 heterocycles. The molecule has 0 spiro atoms. The van der Waals surface area contributed by atoms with Crippen LogP contribution < -0.4 is 16.6 Å². The van der Waals surface area contributed by atoms with Crippen molar-refractivity contribution in [1.29, 1.82) is 5.26 Å². The van der Waals surface area contributed by atoms with Gasteiger partial charge in [-0.25, -0.2) is 18.2 Å². The Morgan fingerprint density at radius 1 is 1.15 bits per heavy atom. The fraction of sp³-hybridized carbons (Fsp3) is 0.318. The summed E-state index contributed by atoms with van der Waals surface area (Å²) in [5.41, 5.74) is -0.415. The van der Waals surface area contributed by atoms with E-state index in [-0.39, 0.29) is 40.5 Å². The highest BCUT2D eigenvalue weighted by atomic mass is 32.2. The fourth-order valence-corrected chi connectivity index (χ4v) is 5.67. The van der Waals surface area contributed by atoms with Crippen molar-refractivity contribution in [3.8, 4) is 6.07 Å². The highest BCUT2D eigenvalue weighted by Crippen LogP contribution is 2.26. The first-order valence-corrected chi connectivity index (χ1v) is 11.9. The van der Waals surface area contributed by atoms with Gasteiger partial charge in [0, 0.05) is 33.1 Å². The SMILES string of the molecule is Cn1c(=O)c2cc(NC(=O)C3CCN(S(=O)(=O)c4ccccc4C#N)CC3)cnc2n(C)c1=O. The number of nitrogens with zero attached hydrogens (tertiary/aromatic N) is 5. The molecule has 1 fully saturated rings. The lowest BCUT2D eigenvalue weighted by Crippen LogP contribution is -2.41. The standard InChI is InChI=1S/C22H22N6O5S/c1-26-19-17(21(30)27(2)22(26)31)11-16(13-24-19)25-20(29)14-7-9-28(10-8-14)34(32,33)18-6-4-3-5-15(18)12-23/h3-6,11,13-14H,7-10H2,1-2H3,(H,25,29). The zero-order chi connectivity index (χ0) is 24.6.